The van der Waals surface area contributed by atoms with Crippen LogP contribution in [0.15, 0.2) is 39.9 Å². The van der Waals surface area contributed by atoms with Crippen LogP contribution in [-0.4, -0.2) is 28.0 Å². The number of rotatable bonds is 7. The van der Waals surface area contributed by atoms with Crippen molar-refractivity contribution >= 4 is 29.2 Å². The first-order valence-corrected chi connectivity index (χ1v) is 11.1. The first-order chi connectivity index (χ1) is 12.8. The van der Waals surface area contributed by atoms with Gasteiger partial charge in [0.1, 0.15) is 10.4 Å². The summed E-state index contributed by atoms with van der Waals surface area (Å²) in [6, 6.07) is 9.02. The summed E-state index contributed by atoms with van der Waals surface area (Å²) in [5.41, 5.74) is 2.61. The number of hydrogen-bond donors (Lipinski definition) is 0. The summed E-state index contributed by atoms with van der Waals surface area (Å²) < 4.78 is 2.23. The molecule has 138 valence electrons. The Bertz CT molecular complexity index is 795. The number of aromatic nitrogens is 3. The van der Waals surface area contributed by atoms with Crippen LogP contribution in [-0.2, 0) is 6.42 Å². The topological polar surface area (TPSA) is 37.2 Å². The van der Waals surface area contributed by atoms with Crippen LogP contribution in [0.25, 0.3) is 0 Å². The molecule has 0 spiro atoms. The van der Waals surface area contributed by atoms with E-state index in [4.69, 9.17) is 0 Å². The van der Waals surface area contributed by atoms with Crippen LogP contribution in [0.4, 0.5) is 5.69 Å². The lowest BCUT2D eigenvalue weighted by Crippen LogP contribution is -2.30. The van der Waals surface area contributed by atoms with Crippen LogP contribution in [0.1, 0.15) is 50.4 Å². The first kappa shape index (κ1) is 17.8. The molecule has 5 nitrogen and oxygen atoms in total. The van der Waals surface area contributed by atoms with E-state index in [0.717, 1.165) is 36.9 Å². The minimum absolute atomic E-state index is 0.251. The number of anilines is 1. The van der Waals surface area contributed by atoms with Crippen molar-refractivity contribution in [1.29, 1.82) is 0 Å². The predicted octanol–water partition coefficient (Wildman–Crippen LogP) is 4.76. The van der Waals surface area contributed by atoms with Gasteiger partial charge < -0.3 is 4.90 Å². The molecule has 0 saturated heterocycles. The Balaban J connectivity index is 1.60. The van der Waals surface area contributed by atoms with Crippen LogP contribution in [0, 0.1) is 0 Å². The second-order valence-corrected chi connectivity index (χ2v) is 8.41. The highest BCUT2D eigenvalue weighted by Gasteiger charge is 2.39. The molecular weight excluding hydrogens is 362 g/mol. The molecule has 26 heavy (non-hydrogen) atoms. The molecule has 1 atom stereocenters. The van der Waals surface area contributed by atoms with E-state index in [1.54, 1.807) is 11.8 Å². The number of benzene rings is 1. The lowest BCUT2D eigenvalue weighted by Gasteiger charge is -2.27. The SMILES string of the molecule is CCCCc1nnc2n1N1C(=CSC1c1ccc(N(CC)CC)cc1)S2. The van der Waals surface area contributed by atoms with Crippen molar-refractivity contribution in [1.82, 2.24) is 14.9 Å². The molecule has 2 aromatic rings. The van der Waals surface area contributed by atoms with E-state index >= 15 is 0 Å². The predicted molar refractivity (Wildman–Crippen MR) is 111 cm³/mol. The number of hydrogen-bond acceptors (Lipinski definition) is 6. The van der Waals surface area contributed by atoms with E-state index in [1.165, 1.54) is 22.7 Å². The smallest absolute Gasteiger partial charge is 0.216 e. The molecule has 2 aliphatic rings. The Labute approximate surface area is 163 Å². The summed E-state index contributed by atoms with van der Waals surface area (Å²) in [6.45, 7) is 8.69. The van der Waals surface area contributed by atoms with Crippen molar-refractivity contribution in [3.05, 3.63) is 46.1 Å². The lowest BCUT2D eigenvalue weighted by atomic mass is 10.2. The average molecular weight is 388 g/mol. The fourth-order valence-corrected chi connectivity index (χ4v) is 5.69. The van der Waals surface area contributed by atoms with Gasteiger partial charge in [-0.1, -0.05) is 37.2 Å². The minimum Gasteiger partial charge on any atom is -0.372 e. The molecular formula is C19H25N5S2. The molecule has 1 aromatic carbocycles. The third-order valence-electron chi connectivity index (χ3n) is 4.89. The van der Waals surface area contributed by atoms with Gasteiger partial charge in [-0.2, -0.15) is 0 Å². The molecule has 7 heteroatoms. The van der Waals surface area contributed by atoms with Crippen LogP contribution in [0.2, 0.25) is 0 Å². The van der Waals surface area contributed by atoms with Gasteiger partial charge in [-0.25, -0.2) is 4.68 Å². The molecule has 2 aliphatic heterocycles. The molecule has 1 aromatic heterocycles. The van der Waals surface area contributed by atoms with Crippen molar-refractivity contribution < 1.29 is 0 Å². The van der Waals surface area contributed by atoms with Crippen molar-refractivity contribution in [2.75, 3.05) is 23.0 Å². The highest BCUT2D eigenvalue weighted by Crippen LogP contribution is 2.51. The second kappa shape index (κ2) is 7.56. The van der Waals surface area contributed by atoms with Crippen LogP contribution in [0.3, 0.4) is 0 Å². The van der Waals surface area contributed by atoms with E-state index in [9.17, 15) is 0 Å². The highest BCUT2D eigenvalue weighted by atomic mass is 32.2. The molecule has 0 aliphatic carbocycles. The molecule has 0 N–H and O–H groups in total. The molecule has 0 fully saturated rings. The zero-order valence-electron chi connectivity index (χ0n) is 15.6. The Morgan fingerprint density at radius 1 is 1.08 bits per heavy atom. The standard InChI is InChI=1S/C19H25N5S2/c1-4-7-8-16-20-21-19-23(16)24-17(26-19)13-25-18(24)14-9-11-15(12-10-14)22(5-2)6-3/h9-13,18H,4-8H2,1-3H3. The van der Waals surface area contributed by atoms with Gasteiger partial charge in [-0.15, -0.1) is 10.2 Å². The fraction of sp³-hybridized carbons (Fsp3) is 0.474. The Kier molecular flexibility index (Phi) is 5.18. The van der Waals surface area contributed by atoms with Crippen LogP contribution >= 0.6 is 23.5 Å². The highest BCUT2D eigenvalue weighted by molar-refractivity contribution is 8.07. The molecule has 1 unspecified atom stereocenters. The van der Waals surface area contributed by atoms with Gasteiger partial charge in [0.2, 0.25) is 5.16 Å². The number of aryl methyl sites for hydroxylation is 1. The third-order valence-corrected chi connectivity index (χ3v) is 7.08. The van der Waals surface area contributed by atoms with Crippen LogP contribution in [0.5, 0.6) is 0 Å². The average Bonchev–Trinajstić information content (AvgIpc) is 3.33. The maximum atomic E-state index is 4.43. The van der Waals surface area contributed by atoms with Gasteiger partial charge in [0.05, 0.1) is 0 Å². The van der Waals surface area contributed by atoms with Gasteiger partial charge >= 0.3 is 0 Å². The summed E-state index contributed by atoms with van der Waals surface area (Å²) in [5.74, 6) is 1.07. The number of unbranched alkanes of at least 4 members (excludes halogenated alkanes) is 1. The maximum Gasteiger partial charge on any atom is 0.216 e. The van der Waals surface area contributed by atoms with Crippen molar-refractivity contribution in [3.63, 3.8) is 0 Å². The summed E-state index contributed by atoms with van der Waals surface area (Å²) in [4.78, 5) is 2.38. The van der Waals surface area contributed by atoms with Gasteiger partial charge in [-0.3, -0.25) is 5.01 Å². The molecule has 0 radical (unpaired) electrons. The van der Waals surface area contributed by atoms with Gasteiger partial charge in [0.15, 0.2) is 5.82 Å². The maximum absolute atomic E-state index is 4.43. The Morgan fingerprint density at radius 2 is 1.85 bits per heavy atom. The number of nitrogens with zero attached hydrogens (tertiary/aromatic N) is 5. The van der Waals surface area contributed by atoms with Crippen LogP contribution < -0.4 is 9.91 Å². The summed E-state index contributed by atoms with van der Waals surface area (Å²) >= 11 is 3.59. The summed E-state index contributed by atoms with van der Waals surface area (Å²) in [5, 5.41) is 16.0. The largest absolute Gasteiger partial charge is 0.372 e. The lowest BCUT2D eigenvalue weighted by molar-refractivity contribution is 0.591. The third kappa shape index (κ3) is 3.01. The number of fused-ring (bicyclic) bond motifs is 3. The summed E-state index contributed by atoms with van der Waals surface area (Å²) in [7, 11) is 0. The van der Waals surface area contributed by atoms with Crippen molar-refractivity contribution in [2.24, 2.45) is 0 Å². The Hall–Kier alpha value is -1.60. The molecule has 0 bridgehead atoms. The van der Waals surface area contributed by atoms with Crippen molar-refractivity contribution in [2.45, 2.75) is 50.6 Å². The molecule has 3 heterocycles. The van der Waals surface area contributed by atoms with E-state index in [-0.39, 0.29) is 5.37 Å². The summed E-state index contributed by atoms with van der Waals surface area (Å²) in [6.07, 6.45) is 3.29. The zero-order valence-corrected chi connectivity index (χ0v) is 17.2. The molecule has 0 saturated carbocycles. The van der Waals surface area contributed by atoms with E-state index in [0.29, 0.717) is 0 Å². The second-order valence-electron chi connectivity index (χ2n) is 6.47. The van der Waals surface area contributed by atoms with E-state index < -0.39 is 0 Å². The first-order valence-electron chi connectivity index (χ1n) is 9.39. The monoisotopic (exact) mass is 387 g/mol. The van der Waals surface area contributed by atoms with Crippen molar-refractivity contribution in [3.8, 4) is 0 Å². The molecule has 0 amide bonds. The quantitative estimate of drug-likeness (QED) is 0.682. The van der Waals surface area contributed by atoms with Gasteiger partial charge in [-0.05, 0) is 49.7 Å². The van der Waals surface area contributed by atoms with Gasteiger partial charge in [0.25, 0.3) is 0 Å². The number of thioether (sulfide) groups is 2. The normalized spacial score (nSPS) is 18.0. The van der Waals surface area contributed by atoms with E-state index in [2.05, 4.69) is 75.2 Å². The molecule has 4 rings (SSSR count). The Morgan fingerprint density at radius 3 is 2.54 bits per heavy atom. The van der Waals surface area contributed by atoms with E-state index in [1.807, 2.05) is 11.8 Å². The fourth-order valence-electron chi connectivity index (χ4n) is 3.44. The minimum atomic E-state index is 0.251. The van der Waals surface area contributed by atoms with Gasteiger partial charge in [0, 0.05) is 30.6 Å². The zero-order chi connectivity index (χ0) is 18.1.